The van der Waals surface area contributed by atoms with Gasteiger partial charge in [0, 0.05) is 25.2 Å². The van der Waals surface area contributed by atoms with Gasteiger partial charge in [0.25, 0.3) is 5.56 Å². The fourth-order valence-electron chi connectivity index (χ4n) is 2.15. The Labute approximate surface area is 130 Å². The number of fused-ring (bicyclic) bond motifs is 1. The predicted octanol–water partition coefficient (Wildman–Crippen LogP) is 0.460. The minimum atomic E-state index is -0.432. The highest BCUT2D eigenvalue weighted by Crippen LogP contribution is 2.28. The molecule has 0 aliphatic heterocycles. The highest BCUT2D eigenvalue weighted by atomic mass is 32.2. The molecule has 2 heterocycles. The second-order valence-electron chi connectivity index (χ2n) is 4.74. The molecule has 0 aliphatic carbocycles. The molecule has 0 unspecified atom stereocenters. The van der Waals surface area contributed by atoms with E-state index in [1.165, 1.54) is 30.5 Å². The highest BCUT2D eigenvalue weighted by Gasteiger charge is 2.17. The smallest absolute Gasteiger partial charge is 0.332 e. The standard InChI is InChI=1S/C14H17N3O4S/c1-5-8-6-15-12-10(11(8)22-7-9(18)21-4)13(19)17(3)14(20)16(12)2/h6H,5,7H2,1-4H3. The van der Waals surface area contributed by atoms with Crippen LogP contribution < -0.4 is 11.2 Å². The predicted molar refractivity (Wildman–Crippen MR) is 84.3 cm³/mol. The first-order chi connectivity index (χ1) is 10.4. The highest BCUT2D eigenvalue weighted by molar-refractivity contribution is 8.00. The zero-order valence-corrected chi connectivity index (χ0v) is 13.7. The first-order valence-electron chi connectivity index (χ1n) is 6.69. The molecule has 0 spiro atoms. The van der Waals surface area contributed by atoms with E-state index in [2.05, 4.69) is 9.72 Å². The lowest BCUT2D eigenvalue weighted by Crippen LogP contribution is -2.37. The number of aromatic nitrogens is 3. The summed E-state index contributed by atoms with van der Waals surface area (Å²) < 4.78 is 7.02. The van der Waals surface area contributed by atoms with Crippen LogP contribution in [0.15, 0.2) is 20.7 Å². The van der Waals surface area contributed by atoms with Crippen molar-refractivity contribution < 1.29 is 9.53 Å². The Morgan fingerprint density at radius 1 is 1.32 bits per heavy atom. The van der Waals surface area contributed by atoms with Crippen LogP contribution in [0.3, 0.4) is 0 Å². The fraction of sp³-hybridized carbons (Fsp3) is 0.429. The third-order valence-electron chi connectivity index (χ3n) is 3.44. The van der Waals surface area contributed by atoms with Crippen LogP contribution in [0.2, 0.25) is 0 Å². The van der Waals surface area contributed by atoms with Gasteiger partial charge in [-0.15, -0.1) is 11.8 Å². The van der Waals surface area contributed by atoms with Crippen LogP contribution in [-0.2, 0) is 30.0 Å². The minimum absolute atomic E-state index is 0.0919. The second-order valence-corrected chi connectivity index (χ2v) is 5.72. The molecule has 0 aliphatic rings. The van der Waals surface area contributed by atoms with Gasteiger partial charge in [0.1, 0.15) is 5.65 Å². The van der Waals surface area contributed by atoms with Crippen LogP contribution in [0.5, 0.6) is 0 Å². The Morgan fingerprint density at radius 3 is 2.59 bits per heavy atom. The van der Waals surface area contributed by atoms with E-state index in [0.717, 1.165) is 10.1 Å². The lowest BCUT2D eigenvalue weighted by molar-refractivity contribution is -0.137. The van der Waals surface area contributed by atoms with Gasteiger partial charge < -0.3 is 4.74 Å². The third kappa shape index (κ3) is 2.66. The van der Waals surface area contributed by atoms with E-state index in [4.69, 9.17) is 0 Å². The molecule has 0 saturated carbocycles. The molecule has 2 rings (SSSR count). The number of ether oxygens (including phenoxy) is 1. The third-order valence-corrected chi connectivity index (χ3v) is 4.57. The number of hydrogen-bond donors (Lipinski definition) is 0. The van der Waals surface area contributed by atoms with Crippen LogP contribution in [-0.4, -0.2) is 33.0 Å². The van der Waals surface area contributed by atoms with Crippen molar-refractivity contribution in [3.63, 3.8) is 0 Å². The lowest BCUT2D eigenvalue weighted by Gasteiger charge is -2.13. The van der Waals surface area contributed by atoms with Gasteiger partial charge in [-0.2, -0.15) is 0 Å². The molecule has 0 N–H and O–H groups in total. The summed E-state index contributed by atoms with van der Waals surface area (Å²) in [5, 5.41) is 0.359. The Kier molecular flexibility index (Phi) is 4.70. The van der Waals surface area contributed by atoms with Gasteiger partial charge >= 0.3 is 11.7 Å². The maximum Gasteiger partial charge on any atom is 0.332 e. The maximum atomic E-state index is 12.5. The SMILES string of the molecule is CCc1cnc2c(c1SCC(=O)OC)c(=O)n(C)c(=O)n2C. The number of carbonyl (C=O) groups is 1. The van der Waals surface area contributed by atoms with Crippen molar-refractivity contribution in [2.24, 2.45) is 14.1 Å². The Balaban J connectivity index is 2.79. The summed E-state index contributed by atoms with van der Waals surface area (Å²) in [6.07, 6.45) is 2.30. The molecule has 8 heteroatoms. The van der Waals surface area contributed by atoms with Crippen LogP contribution in [0.4, 0.5) is 0 Å². The van der Waals surface area contributed by atoms with Gasteiger partial charge in [-0.05, 0) is 12.0 Å². The molecule has 2 aromatic rings. The summed E-state index contributed by atoms with van der Waals surface area (Å²) in [6, 6.07) is 0. The largest absolute Gasteiger partial charge is 0.468 e. The zero-order chi connectivity index (χ0) is 16.4. The van der Waals surface area contributed by atoms with Crippen molar-refractivity contribution in [1.82, 2.24) is 14.1 Å². The van der Waals surface area contributed by atoms with Crippen LogP contribution >= 0.6 is 11.8 Å². The average Bonchev–Trinajstić information content (AvgIpc) is 2.54. The van der Waals surface area contributed by atoms with Crippen LogP contribution in [0.25, 0.3) is 11.0 Å². The lowest BCUT2D eigenvalue weighted by atomic mass is 10.2. The van der Waals surface area contributed by atoms with E-state index in [-0.39, 0.29) is 11.7 Å². The number of thioether (sulfide) groups is 1. The van der Waals surface area contributed by atoms with Gasteiger partial charge in [-0.1, -0.05) is 6.92 Å². The topological polar surface area (TPSA) is 83.2 Å². The molecule has 7 nitrogen and oxygen atoms in total. The zero-order valence-electron chi connectivity index (χ0n) is 12.9. The van der Waals surface area contributed by atoms with Crippen molar-refractivity contribution in [3.8, 4) is 0 Å². The van der Waals surface area contributed by atoms with Gasteiger partial charge in [0.05, 0.1) is 18.2 Å². The average molecular weight is 323 g/mol. The van der Waals surface area contributed by atoms with Gasteiger partial charge in [0.2, 0.25) is 0 Å². The molecule has 22 heavy (non-hydrogen) atoms. The Hall–Kier alpha value is -2.09. The van der Waals surface area contributed by atoms with E-state index < -0.39 is 11.2 Å². The quantitative estimate of drug-likeness (QED) is 0.600. The molecule has 0 amide bonds. The molecule has 0 bridgehead atoms. The van der Waals surface area contributed by atoms with Crippen molar-refractivity contribution in [2.75, 3.05) is 12.9 Å². The van der Waals surface area contributed by atoms with Gasteiger partial charge in [-0.25, -0.2) is 9.78 Å². The summed E-state index contributed by atoms with van der Waals surface area (Å²) >= 11 is 1.23. The number of methoxy groups -OCH3 is 1. The van der Waals surface area contributed by atoms with E-state index >= 15 is 0 Å². The molecule has 0 atom stereocenters. The Morgan fingerprint density at radius 2 is 2.00 bits per heavy atom. The molecule has 0 fully saturated rings. The number of rotatable bonds is 4. The van der Waals surface area contributed by atoms with Crippen molar-refractivity contribution in [3.05, 3.63) is 32.6 Å². The number of aryl methyl sites for hydroxylation is 2. The molecular formula is C14H17N3O4S. The number of carbonyl (C=O) groups excluding carboxylic acids is 1. The van der Waals surface area contributed by atoms with E-state index in [0.29, 0.717) is 22.3 Å². The molecule has 118 valence electrons. The summed E-state index contributed by atoms with van der Waals surface area (Å²) in [4.78, 5) is 40.8. The van der Waals surface area contributed by atoms with Crippen LogP contribution in [0.1, 0.15) is 12.5 Å². The first-order valence-corrected chi connectivity index (χ1v) is 7.68. The number of pyridine rings is 1. The summed E-state index contributed by atoms with van der Waals surface area (Å²) in [5.74, 6) is -0.284. The molecule has 0 radical (unpaired) electrons. The molecular weight excluding hydrogens is 306 g/mol. The maximum absolute atomic E-state index is 12.5. The van der Waals surface area contributed by atoms with Gasteiger partial charge in [-0.3, -0.25) is 18.7 Å². The monoisotopic (exact) mass is 323 g/mol. The number of esters is 1. The first kappa shape index (κ1) is 16.3. The van der Waals surface area contributed by atoms with E-state index in [9.17, 15) is 14.4 Å². The summed E-state index contributed by atoms with van der Waals surface area (Å²) in [5.41, 5.74) is 0.334. The summed E-state index contributed by atoms with van der Waals surface area (Å²) in [7, 11) is 4.31. The molecule has 0 saturated heterocycles. The normalized spacial score (nSPS) is 10.9. The second kappa shape index (κ2) is 6.35. The minimum Gasteiger partial charge on any atom is -0.468 e. The van der Waals surface area contributed by atoms with Crippen molar-refractivity contribution in [2.45, 2.75) is 18.2 Å². The molecule has 0 aromatic carbocycles. The molecule has 2 aromatic heterocycles. The Bertz CT molecular complexity index is 854. The number of nitrogens with zero attached hydrogens (tertiary/aromatic N) is 3. The van der Waals surface area contributed by atoms with E-state index in [1.807, 2.05) is 6.92 Å². The van der Waals surface area contributed by atoms with Crippen LogP contribution in [0, 0.1) is 0 Å². The number of hydrogen-bond acceptors (Lipinski definition) is 6. The fourth-order valence-corrected chi connectivity index (χ4v) is 3.23. The van der Waals surface area contributed by atoms with E-state index in [1.54, 1.807) is 13.2 Å². The summed E-state index contributed by atoms with van der Waals surface area (Å²) in [6.45, 7) is 1.94. The van der Waals surface area contributed by atoms with Gasteiger partial charge in [0.15, 0.2) is 0 Å². The van der Waals surface area contributed by atoms with Crippen molar-refractivity contribution >= 4 is 28.8 Å². The van der Waals surface area contributed by atoms with Crippen molar-refractivity contribution in [1.29, 1.82) is 0 Å².